The monoisotopic (exact) mass is 259 g/mol. The van der Waals surface area contributed by atoms with Gasteiger partial charge in [-0.05, 0) is 12.1 Å². The number of carbonyl (C=O) groups is 2. The Hall–Kier alpha value is -1.67. The van der Waals surface area contributed by atoms with Gasteiger partial charge in [0.15, 0.2) is 12.0 Å². The second kappa shape index (κ2) is 4.30. The highest BCUT2D eigenvalue weighted by molar-refractivity contribution is 7.89. The maximum Gasteiger partial charge on any atom is 0.324 e. The number of hydrogen-bond acceptors (Lipinski definition) is 6. The van der Waals surface area contributed by atoms with Gasteiger partial charge in [-0.25, -0.2) is 8.42 Å². The summed E-state index contributed by atoms with van der Waals surface area (Å²) < 4.78 is 35.0. The first-order valence-corrected chi connectivity index (χ1v) is 6.25. The molecule has 1 aliphatic rings. The topological polar surface area (TPSA) is 103 Å². The second-order valence-electron chi connectivity index (χ2n) is 3.40. The minimum Gasteiger partial charge on any atom is -0.464 e. The van der Waals surface area contributed by atoms with Gasteiger partial charge in [0.1, 0.15) is 6.04 Å². The average molecular weight is 259 g/mol. The molecule has 2 heterocycles. The van der Waals surface area contributed by atoms with Crippen LogP contribution in [0.3, 0.4) is 0 Å². The molecular weight excluding hydrogens is 250 g/mol. The van der Waals surface area contributed by atoms with E-state index in [2.05, 4.69) is 9.46 Å². The number of hydrogen-bond donors (Lipinski definition) is 1. The molecule has 0 amide bonds. The van der Waals surface area contributed by atoms with Crippen LogP contribution in [0.15, 0.2) is 21.6 Å². The lowest BCUT2D eigenvalue weighted by Gasteiger charge is -2.07. The zero-order valence-electron chi connectivity index (χ0n) is 8.58. The Labute approximate surface area is 96.8 Å². The molecule has 92 valence electrons. The van der Waals surface area contributed by atoms with E-state index in [4.69, 9.17) is 4.42 Å². The SMILES string of the molecule is O=Cc1ccc(S(=O)(=O)N[C@H]2CCOC2=O)o1. The van der Waals surface area contributed by atoms with E-state index < -0.39 is 27.1 Å². The third kappa shape index (κ3) is 2.37. The molecule has 2 rings (SSSR count). The molecule has 1 saturated heterocycles. The first kappa shape index (κ1) is 11.8. The fourth-order valence-corrected chi connectivity index (χ4v) is 2.55. The maximum absolute atomic E-state index is 11.7. The molecule has 7 nitrogen and oxygen atoms in total. The van der Waals surface area contributed by atoms with Crippen LogP contribution < -0.4 is 4.72 Å². The average Bonchev–Trinajstić information content (AvgIpc) is 2.88. The van der Waals surface area contributed by atoms with Gasteiger partial charge in [0.25, 0.3) is 10.0 Å². The lowest BCUT2D eigenvalue weighted by molar-refractivity contribution is -0.139. The molecule has 1 atom stereocenters. The summed E-state index contributed by atoms with van der Waals surface area (Å²) in [7, 11) is -3.94. The van der Waals surface area contributed by atoms with Gasteiger partial charge in [-0.2, -0.15) is 4.72 Å². The highest BCUT2D eigenvalue weighted by Gasteiger charge is 2.32. The van der Waals surface area contributed by atoms with E-state index in [1.165, 1.54) is 6.07 Å². The first-order valence-electron chi connectivity index (χ1n) is 4.77. The molecule has 0 aromatic carbocycles. The summed E-state index contributed by atoms with van der Waals surface area (Å²) in [5.41, 5.74) is 0. The Morgan fingerprint density at radius 3 is 2.71 bits per heavy atom. The van der Waals surface area contributed by atoms with Crippen molar-refractivity contribution in [2.75, 3.05) is 6.61 Å². The van der Waals surface area contributed by atoms with E-state index in [0.717, 1.165) is 6.07 Å². The third-order valence-corrected chi connectivity index (χ3v) is 3.56. The van der Waals surface area contributed by atoms with Gasteiger partial charge >= 0.3 is 5.97 Å². The highest BCUT2D eigenvalue weighted by Crippen LogP contribution is 2.15. The Morgan fingerprint density at radius 2 is 2.18 bits per heavy atom. The maximum atomic E-state index is 11.7. The van der Waals surface area contributed by atoms with Gasteiger partial charge in [0.2, 0.25) is 5.09 Å². The smallest absolute Gasteiger partial charge is 0.324 e. The van der Waals surface area contributed by atoms with Gasteiger partial charge < -0.3 is 9.15 Å². The largest absolute Gasteiger partial charge is 0.464 e. The van der Waals surface area contributed by atoms with Crippen molar-refractivity contribution in [1.82, 2.24) is 4.72 Å². The lowest BCUT2D eigenvalue weighted by atomic mass is 10.3. The summed E-state index contributed by atoms with van der Waals surface area (Å²) in [6, 6.07) is 1.48. The zero-order chi connectivity index (χ0) is 12.5. The Morgan fingerprint density at radius 1 is 1.41 bits per heavy atom. The zero-order valence-corrected chi connectivity index (χ0v) is 9.40. The molecular formula is C9H9NO6S. The van der Waals surface area contributed by atoms with Crippen molar-refractivity contribution in [3.8, 4) is 0 Å². The Bertz CT molecular complexity index is 546. The predicted molar refractivity (Wildman–Crippen MR) is 53.8 cm³/mol. The van der Waals surface area contributed by atoms with Crippen LogP contribution in [0.1, 0.15) is 17.0 Å². The van der Waals surface area contributed by atoms with E-state index in [-0.39, 0.29) is 18.8 Å². The fourth-order valence-electron chi connectivity index (χ4n) is 1.39. The van der Waals surface area contributed by atoms with Gasteiger partial charge in [-0.15, -0.1) is 0 Å². The van der Waals surface area contributed by atoms with Crippen molar-refractivity contribution in [1.29, 1.82) is 0 Å². The number of furan rings is 1. The number of carbonyl (C=O) groups excluding carboxylic acids is 2. The number of nitrogens with one attached hydrogen (secondary N) is 1. The number of ether oxygens (including phenoxy) is 1. The van der Waals surface area contributed by atoms with E-state index in [1.807, 2.05) is 0 Å². The normalized spacial score (nSPS) is 20.2. The van der Waals surface area contributed by atoms with Crippen molar-refractivity contribution in [2.45, 2.75) is 17.6 Å². The molecule has 1 aromatic heterocycles. The van der Waals surface area contributed by atoms with Crippen molar-refractivity contribution in [2.24, 2.45) is 0 Å². The van der Waals surface area contributed by atoms with Crippen molar-refractivity contribution < 1.29 is 27.2 Å². The molecule has 17 heavy (non-hydrogen) atoms. The Balaban J connectivity index is 2.18. The van der Waals surface area contributed by atoms with Crippen LogP contribution in [0.5, 0.6) is 0 Å². The molecule has 1 aliphatic heterocycles. The number of esters is 1. The highest BCUT2D eigenvalue weighted by atomic mass is 32.2. The quantitative estimate of drug-likeness (QED) is 0.587. The third-order valence-electron chi connectivity index (χ3n) is 2.22. The standard InChI is InChI=1S/C9H9NO6S/c11-5-6-1-2-8(16-6)17(13,14)10-7-3-4-15-9(7)12/h1-2,5,7,10H,3-4H2/t7-/m0/s1. The van der Waals surface area contributed by atoms with Crippen LogP contribution >= 0.6 is 0 Å². The molecule has 1 fully saturated rings. The van der Waals surface area contributed by atoms with Gasteiger partial charge in [-0.3, -0.25) is 9.59 Å². The molecule has 1 aromatic rings. The fraction of sp³-hybridized carbons (Fsp3) is 0.333. The number of aldehydes is 1. The molecule has 0 radical (unpaired) electrons. The van der Waals surface area contributed by atoms with E-state index in [1.54, 1.807) is 0 Å². The van der Waals surface area contributed by atoms with Crippen molar-refractivity contribution in [3.05, 3.63) is 17.9 Å². The summed E-state index contributed by atoms with van der Waals surface area (Å²) in [6.45, 7) is 0.184. The molecule has 0 aliphatic carbocycles. The summed E-state index contributed by atoms with van der Waals surface area (Å²) in [4.78, 5) is 21.5. The molecule has 0 bridgehead atoms. The van der Waals surface area contributed by atoms with E-state index >= 15 is 0 Å². The van der Waals surface area contributed by atoms with E-state index in [0.29, 0.717) is 6.29 Å². The number of rotatable bonds is 4. The van der Waals surface area contributed by atoms with Crippen LogP contribution in [0, 0.1) is 0 Å². The summed E-state index contributed by atoms with van der Waals surface area (Å²) in [6.07, 6.45) is 0.669. The Kier molecular flexibility index (Phi) is 2.99. The van der Waals surface area contributed by atoms with Crippen molar-refractivity contribution >= 4 is 22.3 Å². The second-order valence-corrected chi connectivity index (χ2v) is 5.05. The number of cyclic esters (lactones) is 1. The van der Waals surface area contributed by atoms with E-state index in [9.17, 15) is 18.0 Å². The summed E-state index contributed by atoms with van der Waals surface area (Å²) in [5.74, 6) is -0.713. The first-order chi connectivity index (χ1) is 8.03. The van der Waals surface area contributed by atoms with Crippen LogP contribution in [-0.4, -0.2) is 33.3 Å². The molecule has 0 unspecified atom stereocenters. The minimum atomic E-state index is -3.94. The summed E-state index contributed by atoms with van der Waals surface area (Å²) >= 11 is 0. The lowest BCUT2D eigenvalue weighted by Crippen LogP contribution is -2.37. The molecule has 0 spiro atoms. The van der Waals surface area contributed by atoms with Crippen LogP contribution in [0.25, 0.3) is 0 Å². The van der Waals surface area contributed by atoms with Gasteiger partial charge in [-0.1, -0.05) is 0 Å². The molecule has 1 N–H and O–H groups in total. The van der Waals surface area contributed by atoms with Gasteiger partial charge in [0, 0.05) is 6.42 Å². The predicted octanol–water partition coefficient (Wildman–Crippen LogP) is -0.314. The molecule has 8 heteroatoms. The number of sulfonamides is 1. The molecule has 0 saturated carbocycles. The van der Waals surface area contributed by atoms with Gasteiger partial charge in [0.05, 0.1) is 6.61 Å². The van der Waals surface area contributed by atoms with Crippen molar-refractivity contribution in [3.63, 3.8) is 0 Å². The minimum absolute atomic E-state index is 0.0978. The summed E-state index contributed by atoms with van der Waals surface area (Å²) in [5, 5.41) is -0.403. The van der Waals surface area contributed by atoms with Crippen LogP contribution in [0.4, 0.5) is 0 Å². The van der Waals surface area contributed by atoms with Crippen LogP contribution in [0.2, 0.25) is 0 Å². The van der Waals surface area contributed by atoms with Crippen LogP contribution in [-0.2, 0) is 19.6 Å².